The van der Waals surface area contributed by atoms with Crippen LogP contribution in [0.1, 0.15) is 45.0 Å². The van der Waals surface area contributed by atoms with Gasteiger partial charge in [-0.1, -0.05) is 0 Å². The van der Waals surface area contributed by atoms with Crippen LogP contribution in [0.3, 0.4) is 0 Å². The molecule has 0 aliphatic heterocycles. The van der Waals surface area contributed by atoms with Crippen molar-refractivity contribution in [2.24, 2.45) is 10.2 Å². The maximum Gasteiger partial charge on any atom is 0.259 e. The standard InChI is InChI=1S/C29H43N6O4P/c1-21(2)35(22(3)4)40(38-19-18-30-6)39-23(5)28(20-37-9)31-29(36)24-10-12-25(13-11-24)32-33-26-14-16-27(17-15-26)34(7)8/h10-17,21-23,28H,18-20H2,1-5,7-9H3,(H,31,36)/t23-,28-,40?/m0/s1. The number of azo groups is 1. The molecule has 0 radical (unpaired) electrons. The van der Waals surface area contributed by atoms with Crippen molar-refractivity contribution in [1.82, 2.24) is 9.99 Å². The number of hydrogen-bond donors (Lipinski definition) is 1. The van der Waals surface area contributed by atoms with Crippen molar-refractivity contribution in [2.75, 3.05) is 45.9 Å². The number of amides is 1. The number of carbonyl (C=O) groups excluding carboxylic acids is 1. The Hall–Kier alpha value is -2.93. The summed E-state index contributed by atoms with van der Waals surface area (Å²) in [5.74, 6) is -0.247. The molecule has 2 aromatic rings. The first-order chi connectivity index (χ1) is 19.1. The number of carbonyl (C=O) groups is 1. The van der Waals surface area contributed by atoms with Gasteiger partial charge in [0.2, 0.25) is 6.54 Å². The summed E-state index contributed by atoms with van der Waals surface area (Å²) >= 11 is 0. The third kappa shape index (κ3) is 10.6. The molecular formula is C29H43N6O4P. The minimum Gasteiger partial charge on any atom is -0.382 e. The summed E-state index contributed by atoms with van der Waals surface area (Å²) in [6.07, 6.45) is -0.407. The fourth-order valence-corrected chi connectivity index (χ4v) is 5.57. The maximum atomic E-state index is 13.1. The van der Waals surface area contributed by atoms with Gasteiger partial charge in [-0.25, -0.2) is 11.2 Å². The van der Waals surface area contributed by atoms with Crippen molar-refractivity contribution in [3.05, 3.63) is 65.5 Å². The number of rotatable bonds is 16. The third-order valence-corrected chi connectivity index (χ3v) is 8.13. The van der Waals surface area contributed by atoms with Crippen molar-refractivity contribution in [2.45, 2.75) is 58.8 Å². The van der Waals surface area contributed by atoms with Crippen molar-refractivity contribution < 1.29 is 18.6 Å². The molecule has 10 nitrogen and oxygen atoms in total. The van der Waals surface area contributed by atoms with Gasteiger partial charge in [-0.05, 0) is 83.1 Å². The molecule has 3 atom stereocenters. The van der Waals surface area contributed by atoms with Crippen LogP contribution >= 0.6 is 8.53 Å². The average Bonchev–Trinajstić information content (AvgIpc) is 2.91. The van der Waals surface area contributed by atoms with Gasteiger partial charge in [0.1, 0.15) is 6.61 Å². The van der Waals surface area contributed by atoms with Crippen molar-refractivity contribution >= 4 is 31.5 Å². The molecule has 2 rings (SSSR count). The Balaban J connectivity index is 2.08. The molecule has 1 unspecified atom stereocenters. The smallest absolute Gasteiger partial charge is 0.259 e. The lowest BCUT2D eigenvalue weighted by Gasteiger charge is -2.38. The molecule has 0 bridgehead atoms. The predicted molar refractivity (Wildman–Crippen MR) is 162 cm³/mol. The minimum absolute atomic E-state index is 0.176. The monoisotopic (exact) mass is 570 g/mol. The number of anilines is 1. The zero-order valence-corrected chi connectivity index (χ0v) is 25.8. The Morgan fingerprint density at radius 2 is 1.52 bits per heavy atom. The van der Waals surface area contributed by atoms with Gasteiger partial charge in [-0.2, -0.15) is 10.2 Å². The van der Waals surface area contributed by atoms with Gasteiger partial charge >= 0.3 is 0 Å². The highest BCUT2D eigenvalue weighted by Crippen LogP contribution is 2.47. The van der Waals surface area contributed by atoms with E-state index in [-0.39, 0.29) is 37.7 Å². The lowest BCUT2D eigenvalue weighted by atomic mass is 10.1. The summed E-state index contributed by atoms with van der Waals surface area (Å²) in [4.78, 5) is 18.5. The lowest BCUT2D eigenvalue weighted by molar-refractivity contribution is 0.0647. The Bertz CT molecular complexity index is 1100. The molecule has 0 saturated heterocycles. The van der Waals surface area contributed by atoms with Crippen LogP contribution < -0.4 is 10.2 Å². The van der Waals surface area contributed by atoms with Gasteiger partial charge in [0.25, 0.3) is 14.4 Å². The Labute approximate surface area is 240 Å². The minimum atomic E-state index is -1.45. The number of methoxy groups -OCH3 is 1. The van der Waals surface area contributed by atoms with Crippen LogP contribution in [0.5, 0.6) is 0 Å². The van der Waals surface area contributed by atoms with Crippen molar-refractivity contribution in [1.29, 1.82) is 0 Å². The molecule has 40 heavy (non-hydrogen) atoms. The molecular weight excluding hydrogens is 527 g/mol. The van der Waals surface area contributed by atoms with E-state index in [1.165, 1.54) is 0 Å². The first-order valence-electron chi connectivity index (χ1n) is 13.4. The summed E-state index contributed by atoms with van der Waals surface area (Å²) in [7, 11) is 4.10. The number of nitrogens with zero attached hydrogens (tertiary/aromatic N) is 5. The van der Waals surface area contributed by atoms with E-state index >= 15 is 0 Å². The van der Waals surface area contributed by atoms with Crippen LogP contribution in [0, 0.1) is 6.57 Å². The highest BCUT2D eigenvalue weighted by molar-refractivity contribution is 7.44. The molecule has 0 fully saturated rings. The second kappa shape index (κ2) is 17.0. The number of benzene rings is 2. The van der Waals surface area contributed by atoms with Gasteiger partial charge in [0, 0.05) is 44.5 Å². The fraction of sp³-hybridized carbons (Fsp3) is 0.517. The highest BCUT2D eigenvalue weighted by Gasteiger charge is 2.32. The quantitative estimate of drug-likeness (QED) is 0.106. The number of nitrogens with one attached hydrogen (secondary N) is 1. The molecule has 0 spiro atoms. The summed E-state index contributed by atoms with van der Waals surface area (Å²) in [5.41, 5.74) is 2.96. The van der Waals surface area contributed by atoms with Crippen LogP contribution in [-0.4, -0.2) is 75.8 Å². The van der Waals surface area contributed by atoms with Gasteiger partial charge in [-0.3, -0.25) is 4.79 Å². The van der Waals surface area contributed by atoms with Crippen molar-refractivity contribution in [3.63, 3.8) is 0 Å². The van der Waals surface area contributed by atoms with E-state index in [4.69, 9.17) is 20.4 Å². The van der Waals surface area contributed by atoms with Crippen LogP contribution in [0.25, 0.3) is 4.85 Å². The van der Waals surface area contributed by atoms with Crippen LogP contribution in [0.2, 0.25) is 0 Å². The molecule has 0 heterocycles. The molecule has 0 aromatic heterocycles. The summed E-state index contributed by atoms with van der Waals surface area (Å²) in [6, 6.07) is 14.6. The van der Waals surface area contributed by atoms with Gasteiger partial charge < -0.3 is 28.8 Å². The molecule has 218 valence electrons. The van der Waals surface area contributed by atoms with Gasteiger partial charge in [-0.15, -0.1) is 0 Å². The normalized spacial score (nSPS) is 13.9. The zero-order chi connectivity index (χ0) is 29.7. The topological polar surface area (TPSA) is 92.3 Å². The number of hydrogen-bond acceptors (Lipinski definition) is 8. The van der Waals surface area contributed by atoms with E-state index in [9.17, 15) is 4.79 Å². The SMILES string of the molecule is [C-]#[N+]CCOP(O[C@@H](C)[C@H](COC)NC(=O)c1ccc(N=Nc2ccc(N(C)C)cc2)cc1)N(C(C)C)C(C)C. The lowest BCUT2D eigenvalue weighted by Crippen LogP contribution is -2.46. The van der Waals surface area contributed by atoms with Crippen molar-refractivity contribution in [3.8, 4) is 0 Å². The van der Waals surface area contributed by atoms with Crippen LogP contribution in [-0.2, 0) is 13.8 Å². The largest absolute Gasteiger partial charge is 0.382 e. The van der Waals surface area contributed by atoms with Gasteiger partial charge in [0.05, 0.1) is 30.1 Å². The molecule has 0 aliphatic rings. The van der Waals surface area contributed by atoms with Crippen LogP contribution in [0.4, 0.5) is 17.1 Å². The Kier molecular flexibility index (Phi) is 14.2. The molecule has 0 saturated carbocycles. The second-order valence-electron chi connectivity index (χ2n) is 10.0. The third-order valence-electron chi connectivity index (χ3n) is 5.91. The van der Waals surface area contributed by atoms with E-state index < -0.39 is 20.7 Å². The van der Waals surface area contributed by atoms with E-state index in [0.717, 1.165) is 11.4 Å². The average molecular weight is 571 g/mol. The van der Waals surface area contributed by atoms with E-state index in [1.807, 2.05) is 50.2 Å². The number of ether oxygens (including phenoxy) is 1. The Morgan fingerprint density at radius 1 is 0.975 bits per heavy atom. The maximum absolute atomic E-state index is 13.1. The van der Waals surface area contributed by atoms with E-state index in [0.29, 0.717) is 11.3 Å². The molecule has 1 amide bonds. The fourth-order valence-electron chi connectivity index (χ4n) is 3.84. The summed E-state index contributed by atoms with van der Waals surface area (Å²) in [6.45, 7) is 18.1. The van der Waals surface area contributed by atoms with E-state index in [2.05, 4.69) is 52.8 Å². The predicted octanol–water partition coefficient (Wildman–Crippen LogP) is 6.60. The molecule has 1 N–H and O–H groups in total. The first kappa shape index (κ1) is 33.3. The second-order valence-corrected chi connectivity index (χ2v) is 11.4. The highest BCUT2D eigenvalue weighted by atomic mass is 31.2. The molecule has 0 aliphatic carbocycles. The van der Waals surface area contributed by atoms with Crippen LogP contribution in [0.15, 0.2) is 58.8 Å². The summed E-state index contributed by atoms with van der Waals surface area (Å²) in [5, 5.41) is 11.6. The molecule has 11 heteroatoms. The van der Waals surface area contributed by atoms with E-state index in [1.54, 1.807) is 31.4 Å². The zero-order valence-electron chi connectivity index (χ0n) is 24.9. The molecule has 2 aromatic carbocycles. The summed E-state index contributed by atoms with van der Waals surface area (Å²) < 4.78 is 20.0. The van der Waals surface area contributed by atoms with Gasteiger partial charge in [0.15, 0.2) is 0 Å². The first-order valence-corrected chi connectivity index (χ1v) is 14.5. The Morgan fingerprint density at radius 3 is 2.00 bits per heavy atom.